The molecule has 3 heterocycles. The first kappa shape index (κ1) is 20.6. The number of nitrogens with one attached hydrogen (secondary N) is 2. The van der Waals surface area contributed by atoms with Gasteiger partial charge in [0.15, 0.2) is 5.82 Å². The van der Waals surface area contributed by atoms with Crippen LogP contribution in [0.5, 0.6) is 0 Å². The van der Waals surface area contributed by atoms with E-state index in [-0.39, 0.29) is 5.25 Å². The Hall–Kier alpha value is -2.10. The zero-order valence-electron chi connectivity index (χ0n) is 16.1. The van der Waals surface area contributed by atoms with Crippen LogP contribution in [-0.2, 0) is 17.7 Å². The standard InChI is InChI=1S/C18H24ClN7OS/c1-12-6-14(9-20-8-12)17-23-24-18(26(17)4-5-27-3)25-28-13(2)7-16-21-10-15(19)11-22-16/h6,9-11,13,20H,4-5,7-8H2,1-3H3,(H,24,25). The molecule has 0 amide bonds. The Kier molecular flexibility index (Phi) is 7.30. The highest BCUT2D eigenvalue weighted by Gasteiger charge is 2.17. The quantitative estimate of drug-likeness (QED) is 0.597. The number of hydrogen-bond acceptors (Lipinski definition) is 8. The van der Waals surface area contributed by atoms with Crippen LogP contribution in [0.3, 0.4) is 0 Å². The van der Waals surface area contributed by atoms with E-state index in [4.69, 9.17) is 16.3 Å². The van der Waals surface area contributed by atoms with Gasteiger partial charge in [0.05, 0.1) is 18.2 Å². The lowest BCUT2D eigenvalue weighted by Gasteiger charge is -2.16. The number of dihydropyridines is 1. The Balaban J connectivity index is 1.68. The Morgan fingerprint density at radius 1 is 1.36 bits per heavy atom. The number of halogens is 1. The summed E-state index contributed by atoms with van der Waals surface area (Å²) in [5.74, 6) is 2.26. The third kappa shape index (κ3) is 5.46. The third-order valence-corrected chi connectivity index (χ3v) is 5.13. The maximum Gasteiger partial charge on any atom is 0.234 e. The second kappa shape index (κ2) is 9.90. The van der Waals surface area contributed by atoms with Crippen molar-refractivity contribution < 1.29 is 4.74 Å². The lowest BCUT2D eigenvalue weighted by Crippen LogP contribution is -2.16. The summed E-state index contributed by atoms with van der Waals surface area (Å²) in [5, 5.41) is 12.8. The molecule has 2 N–H and O–H groups in total. The van der Waals surface area contributed by atoms with Crippen molar-refractivity contribution in [2.75, 3.05) is 25.0 Å². The molecule has 0 aromatic carbocycles. The van der Waals surface area contributed by atoms with Crippen molar-refractivity contribution >= 4 is 35.1 Å². The summed E-state index contributed by atoms with van der Waals surface area (Å²) in [7, 11) is 1.69. The number of allylic oxidation sites excluding steroid dienone is 2. The molecule has 2 aromatic rings. The fourth-order valence-electron chi connectivity index (χ4n) is 2.69. The molecule has 3 rings (SSSR count). The van der Waals surface area contributed by atoms with Crippen LogP contribution in [-0.4, -0.2) is 50.2 Å². The Morgan fingerprint density at radius 3 is 2.86 bits per heavy atom. The molecule has 2 aromatic heterocycles. The van der Waals surface area contributed by atoms with E-state index in [1.807, 2.05) is 10.8 Å². The van der Waals surface area contributed by atoms with E-state index in [1.54, 1.807) is 31.5 Å². The van der Waals surface area contributed by atoms with Gasteiger partial charge in [0.2, 0.25) is 5.95 Å². The normalized spacial score (nSPS) is 14.9. The third-order valence-electron chi connectivity index (χ3n) is 4.06. The van der Waals surface area contributed by atoms with Gasteiger partial charge in [-0.05, 0) is 24.9 Å². The minimum atomic E-state index is 0.231. The van der Waals surface area contributed by atoms with Crippen molar-refractivity contribution in [2.24, 2.45) is 0 Å². The van der Waals surface area contributed by atoms with Gasteiger partial charge in [0.25, 0.3) is 0 Å². The number of aromatic nitrogens is 5. The second-order valence-electron chi connectivity index (χ2n) is 6.52. The molecule has 0 saturated carbocycles. The summed E-state index contributed by atoms with van der Waals surface area (Å²) in [6.07, 6.45) is 8.04. The van der Waals surface area contributed by atoms with Crippen LogP contribution in [0.15, 0.2) is 30.2 Å². The number of nitrogens with zero attached hydrogens (tertiary/aromatic N) is 5. The van der Waals surface area contributed by atoms with Crippen molar-refractivity contribution in [1.82, 2.24) is 30.0 Å². The van der Waals surface area contributed by atoms with Gasteiger partial charge in [-0.1, -0.05) is 24.1 Å². The highest BCUT2D eigenvalue weighted by molar-refractivity contribution is 8.01. The molecule has 1 atom stereocenters. The van der Waals surface area contributed by atoms with E-state index in [2.05, 4.69) is 50.1 Å². The van der Waals surface area contributed by atoms with Gasteiger partial charge >= 0.3 is 0 Å². The summed E-state index contributed by atoms with van der Waals surface area (Å²) in [6.45, 7) is 6.26. The number of hydrogen-bond donors (Lipinski definition) is 2. The molecule has 0 fully saturated rings. The van der Waals surface area contributed by atoms with Gasteiger partial charge in [-0.3, -0.25) is 9.29 Å². The van der Waals surface area contributed by atoms with Crippen molar-refractivity contribution in [2.45, 2.75) is 32.1 Å². The molecular formula is C18H24ClN7OS. The van der Waals surface area contributed by atoms with Crippen LogP contribution in [0.25, 0.3) is 5.57 Å². The molecule has 0 aliphatic carbocycles. The number of methoxy groups -OCH3 is 1. The molecule has 0 spiro atoms. The second-order valence-corrected chi connectivity index (χ2v) is 8.20. The van der Waals surface area contributed by atoms with E-state index in [0.29, 0.717) is 30.5 Å². The zero-order valence-corrected chi connectivity index (χ0v) is 17.7. The smallest absolute Gasteiger partial charge is 0.234 e. The molecule has 0 saturated heterocycles. The molecular weight excluding hydrogens is 398 g/mol. The molecule has 10 heteroatoms. The molecule has 0 bridgehead atoms. The Labute approximate surface area is 174 Å². The topological polar surface area (TPSA) is 89.8 Å². The van der Waals surface area contributed by atoms with E-state index in [1.165, 1.54) is 5.57 Å². The highest BCUT2D eigenvalue weighted by atomic mass is 35.5. The average molecular weight is 422 g/mol. The van der Waals surface area contributed by atoms with Gasteiger partial charge < -0.3 is 10.1 Å². The van der Waals surface area contributed by atoms with Crippen LogP contribution in [0.4, 0.5) is 5.95 Å². The average Bonchev–Trinajstić information content (AvgIpc) is 3.09. The maximum absolute atomic E-state index is 5.84. The largest absolute Gasteiger partial charge is 0.387 e. The first-order valence-electron chi connectivity index (χ1n) is 8.98. The predicted octanol–water partition coefficient (Wildman–Crippen LogP) is 2.95. The van der Waals surface area contributed by atoms with Gasteiger partial charge in [-0.15, -0.1) is 10.2 Å². The van der Waals surface area contributed by atoms with Crippen molar-refractivity contribution in [3.63, 3.8) is 0 Å². The van der Waals surface area contributed by atoms with Crippen molar-refractivity contribution in [3.8, 4) is 0 Å². The summed E-state index contributed by atoms with van der Waals surface area (Å²) in [5.41, 5.74) is 2.26. The first-order chi connectivity index (χ1) is 13.6. The molecule has 1 aliphatic heterocycles. The summed E-state index contributed by atoms with van der Waals surface area (Å²) in [6, 6.07) is 0. The van der Waals surface area contributed by atoms with E-state index < -0.39 is 0 Å². The zero-order chi connectivity index (χ0) is 19.9. The molecule has 0 radical (unpaired) electrons. The molecule has 8 nitrogen and oxygen atoms in total. The molecule has 150 valence electrons. The summed E-state index contributed by atoms with van der Waals surface area (Å²) >= 11 is 7.40. The van der Waals surface area contributed by atoms with Gasteiger partial charge in [-0.25, -0.2) is 9.97 Å². The lowest BCUT2D eigenvalue weighted by molar-refractivity contribution is 0.187. The minimum absolute atomic E-state index is 0.231. The fraction of sp³-hybridized carbons (Fsp3) is 0.444. The van der Waals surface area contributed by atoms with Crippen LogP contribution in [0.2, 0.25) is 5.02 Å². The monoisotopic (exact) mass is 421 g/mol. The van der Waals surface area contributed by atoms with Gasteiger partial charge in [0.1, 0.15) is 5.82 Å². The number of rotatable bonds is 9. The Bertz CT molecular complexity index is 850. The van der Waals surface area contributed by atoms with Crippen LogP contribution < -0.4 is 10.0 Å². The van der Waals surface area contributed by atoms with Crippen molar-refractivity contribution in [3.05, 3.63) is 46.9 Å². The molecule has 1 unspecified atom stereocenters. The van der Waals surface area contributed by atoms with Crippen LogP contribution >= 0.6 is 23.5 Å². The van der Waals surface area contributed by atoms with E-state index in [9.17, 15) is 0 Å². The van der Waals surface area contributed by atoms with E-state index in [0.717, 1.165) is 23.8 Å². The molecule has 1 aliphatic rings. The SMILES string of the molecule is COCCn1c(NSC(C)Cc2ncc(Cl)cn2)nnc1C1=CNCC(C)=C1. The fourth-order valence-corrected chi connectivity index (χ4v) is 3.48. The predicted molar refractivity (Wildman–Crippen MR) is 113 cm³/mol. The molecule has 28 heavy (non-hydrogen) atoms. The van der Waals surface area contributed by atoms with Crippen molar-refractivity contribution in [1.29, 1.82) is 0 Å². The van der Waals surface area contributed by atoms with Crippen LogP contribution in [0, 0.1) is 0 Å². The highest BCUT2D eigenvalue weighted by Crippen LogP contribution is 2.23. The first-order valence-corrected chi connectivity index (χ1v) is 10.2. The lowest BCUT2D eigenvalue weighted by atomic mass is 10.1. The summed E-state index contributed by atoms with van der Waals surface area (Å²) in [4.78, 5) is 8.50. The van der Waals surface area contributed by atoms with Crippen LogP contribution in [0.1, 0.15) is 25.5 Å². The number of ether oxygens (including phenoxy) is 1. The maximum atomic E-state index is 5.84. The van der Waals surface area contributed by atoms with Gasteiger partial charge in [0, 0.05) is 49.5 Å². The summed E-state index contributed by atoms with van der Waals surface area (Å²) < 4.78 is 10.6. The Morgan fingerprint density at radius 2 is 2.14 bits per heavy atom. The van der Waals surface area contributed by atoms with E-state index >= 15 is 0 Å². The van der Waals surface area contributed by atoms with Gasteiger partial charge in [-0.2, -0.15) is 0 Å². The minimum Gasteiger partial charge on any atom is -0.387 e. The number of anilines is 1.